The van der Waals surface area contributed by atoms with Gasteiger partial charge < -0.3 is 24.8 Å². The number of aromatic nitrogens is 1. The highest BCUT2D eigenvalue weighted by Gasteiger charge is 2.37. The van der Waals surface area contributed by atoms with Gasteiger partial charge in [0.2, 0.25) is 5.91 Å². The molecule has 3 aliphatic rings. The van der Waals surface area contributed by atoms with E-state index >= 15 is 0 Å². The zero-order chi connectivity index (χ0) is 28.3. The molecule has 1 saturated carbocycles. The van der Waals surface area contributed by atoms with Crippen LogP contribution in [0, 0.1) is 5.92 Å². The van der Waals surface area contributed by atoms with Gasteiger partial charge in [-0.15, -0.1) is 0 Å². The number of hydrogen-bond donors (Lipinski definition) is 1. The number of carbonyl (C=O) groups excluding carboxylic acids is 3. The smallest absolute Gasteiger partial charge is 0.410 e. The highest BCUT2D eigenvalue weighted by molar-refractivity contribution is 6.02. The first-order chi connectivity index (χ1) is 19.2. The quantitative estimate of drug-likeness (QED) is 0.550. The van der Waals surface area contributed by atoms with Crippen molar-refractivity contribution in [2.45, 2.75) is 70.9 Å². The van der Waals surface area contributed by atoms with E-state index in [2.05, 4.69) is 15.2 Å². The predicted molar refractivity (Wildman–Crippen MR) is 154 cm³/mol. The molecular weight excluding hydrogens is 506 g/mol. The van der Waals surface area contributed by atoms with Crippen LogP contribution in [0.1, 0.15) is 81.3 Å². The Kier molecular flexibility index (Phi) is 8.28. The molecule has 40 heavy (non-hydrogen) atoms. The van der Waals surface area contributed by atoms with Gasteiger partial charge in [0.05, 0.1) is 17.3 Å². The average Bonchev–Trinajstić information content (AvgIpc) is 3.80. The highest BCUT2D eigenvalue weighted by atomic mass is 16.6. The van der Waals surface area contributed by atoms with Gasteiger partial charge in [-0.25, -0.2) is 4.79 Å². The number of ether oxygens (including phenoxy) is 1. The van der Waals surface area contributed by atoms with Crippen LogP contribution in [0.2, 0.25) is 0 Å². The number of rotatable bonds is 5. The molecule has 0 spiro atoms. The lowest BCUT2D eigenvalue weighted by Crippen LogP contribution is -2.53. The van der Waals surface area contributed by atoms with Gasteiger partial charge in [-0.1, -0.05) is 18.9 Å². The largest absolute Gasteiger partial charge is 0.444 e. The summed E-state index contributed by atoms with van der Waals surface area (Å²) in [7, 11) is 0. The second-order valence-electron chi connectivity index (χ2n) is 12.1. The van der Waals surface area contributed by atoms with Crippen molar-refractivity contribution in [2.75, 3.05) is 42.9 Å². The zero-order valence-electron chi connectivity index (χ0n) is 23.9. The summed E-state index contributed by atoms with van der Waals surface area (Å²) in [6.07, 6.45) is 9.44. The fourth-order valence-corrected chi connectivity index (χ4v) is 5.48. The van der Waals surface area contributed by atoms with Crippen molar-refractivity contribution >= 4 is 29.3 Å². The molecule has 3 fully saturated rings. The van der Waals surface area contributed by atoms with E-state index in [1.54, 1.807) is 17.3 Å². The number of piperazine rings is 1. The van der Waals surface area contributed by atoms with Crippen molar-refractivity contribution < 1.29 is 19.1 Å². The van der Waals surface area contributed by atoms with Crippen LogP contribution in [0.15, 0.2) is 42.7 Å². The van der Waals surface area contributed by atoms with Gasteiger partial charge in [0.1, 0.15) is 5.60 Å². The number of hydrogen-bond acceptors (Lipinski definition) is 6. The molecule has 0 bridgehead atoms. The summed E-state index contributed by atoms with van der Waals surface area (Å²) in [5.74, 6) is 0.0669. The van der Waals surface area contributed by atoms with Crippen LogP contribution in [0.3, 0.4) is 0 Å². The van der Waals surface area contributed by atoms with Gasteiger partial charge in [0.15, 0.2) is 0 Å². The fourth-order valence-electron chi connectivity index (χ4n) is 5.48. The Morgan fingerprint density at radius 3 is 2.38 bits per heavy atom. The van der Waals surface area contributed by atoms with E-state index in [1.165, 1.54) is 12.8 Å². The summed E-state index contributed by atoms with van der Waals surface area (Å²) < 4.78 is 5.64. The van der Waals surface area contributed by atoms with Crippen LogP contribution < -0.4 is 10.2 Å². The van der Waals surface area contributed by atoms with Crippen molar-refractivity contribution in [1.29, 1.82) is 0 Å². The van der Waals surface area contributed by atoms with E-state index in [0.29, 0.717) is 25.2 Å². The third-order valence-corrected chi connectivity index (χ3v) is 7.75. The third kappa shape index (κ3) is 6.74. The first-order valence-corrected chi connectivity index (χ1v) is 14.6. The lowest BCUT2D eigenvalue weighted by atomic mass is 10.0. The maximum Gasteiger partial charge on any atom is 0.410 e. The van der Waals surface area contributed by atoms with Gasteiger partial charge in [0.25, 0.3) is 5.91 Å². The summed E-state index contributed by atoms with van der Waals surface area (Å²) in [4.78, 5) is 49.9. The molecule has 1 unspecified atom stereocenters. The molecule has 2 aliphatic heterocycles. The number of benzene rings is 1. The number of carbonyl (C=O) groups is 3. The summed E-state index contributed by atoms with van der Waals surface area (Å²) in [5.41, 5.74) is 2.47. The number of amides is 3. The lowest BCUT2D eigenvalue weighted by Gasteiger charge is -2.42. The molecule has 5 rings (SSSR count). The molecule has 9 nitrogen and oxygen atoms in total. The van der Waals surface area contributed by atoms with Crippen LogP contribution in [0.4, 0.5) is 16.2 Å². The minimum atomic E-state index is -0.605. The first-order valence-electron chi connectivity index (χ1n) is 14.6. The van der Waals surface area contributed by atoms with E-state index in [-0.39, 0.29) is 29.9 Å². The summed E-state index contributed by atoms with van der Waals surface area (Å²) in [5, 5.41) is 3.06. The van der Waals surface area contributed by atoms with E-state index in [1.807, 2.05) is 56.0 Å². The highest BCUT2D eigenvalue weighted by Crippen LogP contribution is 2.34. The van der Waals surface area contributed by atoms with Crippen LogP contribution >= 0.6 is 0 Å². The fraction of sp³-hybridized carbons (Fsp3) is 0.548. The second-order valence-corrected chi connectivity index (χ2v) is 12.1. The van der Waals surface area contributed by atoms with E-state index < -0.39 is 5.60 Å². The zero-order valence-corrected chi connectivity index (χ0v) is 23.9. The molecule has 214 valence electrons. The molecule has 1 aromatic carbocycles. The van der Waals surface area contributed by atoms with Crippen LogP contribution in [-0.2, 0) is 9.53 Å². The topological polar surface area (TPSA) is 95.1 Å². The van der Waals surface area contributed by atoms with Crippen molar-refractivity contribution in [3.05, 3.63) is 53.9 Å². The normalized spacial score (nSPS) is 20.1. The molecule has 9 heteroatoms. The second kappa shape index (κ2) is 11.9. The maximum absolute atomic E-state index is 14.3. The van der Waals surface area contributed by atoms with Gasteiger partial charge >= 0.3 is 6.09 Å². The summed E-state index contributed by atoms with van der Waals surface area (Å²) in [6.45, 7) is 8.38. The standard InChI is InChI=1S/C31H41N5O4/c1-31(2,3)40-30(39)35-17-18-36(27(21-35)23-9-8-14-32-20-23)29(38)25-13-12-24(33-28(37)22-10-11-22)19-26(25)34-15-6-4-5-7-16-34/h8-9,12-14,19-20,22,27H,4-7,10-11,15-18,21H2,1-3H3,(H,33,37). The molecule has 1 N–H and O–H groups in total. The van der Waals surface area contributed by atoms with Crippen molar-refractivity contribution in [3.63, 3.8) is 0 Å². The Hall–Kier alpha value is -3.62. The number of anilines is 2. The molecule has 2 aromatic rings. The predicted octanol–water partition coefficient (Wildman–Crippen LogP) is 5.24. The molecule has 1 aliphatic carbocycles. The number of pyridine rings is 1. The van der Waals surface area contributed by atoms with Crippen LogP contribution in [0.25, 0.3) is 0 Å². The Bertz CT molecular complexity index is 1220. The van der Waals surface area contributed by atoms with Gasteiger partial charge in [-0.05, 0) is 76.3 Å². The summed E-state index contributed by atoms with van der Waals surface area (Å²) in [6, 6.07) is 9.09. The van der Waals surface area contributed by atoms with Gasteiger partial charge in [-0.3, -0.25) is 14.6 Å². The Morgan fingerprint density at radius 1 is 0.975 bits per heavy atom. The number of nitrogens with one attached hydrogen (secondary N) is 1. The number of nitrogens with zero attached hydrogens (tertiary/aromatic N) is 4. The van der Waals surface area contributed by atoms with Crippen molar-refractivity contribution in [1.82, 2.24) is 14.8 Å². The van der Waals surface area contributed by atoms with Gasteiger partial charge in [-0.2, -0.15) is 0 Å². The Balaban J connectivity index is 1.45. The first kappa shape index (κ1) is 27.9. The monoisotopic (exact) mass is 547 g/mol. The Morgan fingerprint density at radius 2 is 1.73 bits per heavy atom. The minimum Gasteiger partial charge on any atom is -0.444 e. The molecule has 0 radical (unpaired) electrons. The lowest BCUT2D eigenvalue weighted by molar-refractivity contribution is -0.117. The molecule has 2 saturated heterocycles. The molecule has 3 heterocycles. The van der Waals surface area contributed by atoms with Crippen LogP contribution in [-0.4, -0.2) is 71.0 Å². The molecule has 1 aromatic heterocycles. The third-order valence-electron chi connectivity index (χ3n) is 7.75. The minimum absolute atomic E-state index is 0.0517. The Labute approximate surface area is 236 Å². The molecular formula is C31H41N5O4. The molecule has 3 amide bonds. The van der Waals surface area contributed by atoms with E-state index in [4.69, 9.17) is 4.74 Å². The van der Waals surface area contributed by atoms with Gasteiger partial charge in [0, 0.05) is 56.7 Å². The van der Waals surface area contributed by atoms with Crippen molar-refractivity contribution in [3.8, 4) is 0 Å². The van der Waals surface area contributed by atoms with Crippen LogP contribution in [0.5, 0.6) is 0 Å². The maximum atomic E-state index is 14.3. The molecule has 1 atom stereocenters. The SMILES string of the molecule is CC(C)(C)OC(=O)N1CCN(C(=O)c2ccc(NC(=O)C3CC3)cc2N2CCCCCC2)C(c2cccnc2)C1. The summed E-state index contributed by atoms with van der Waals surface area (Å²) >= 11 is 0. The van der Waals surface area contributed by atoms with E-state index in [0.717, 1.165) is 55.7 Å². The average molecular weight is 548 g/mol. The van der Waals surface area contributed by atoms with E-state index in [9.17, 15) is 14.4 Å². The van der Waals surface area contributed by atoms with Crippen molar-refractivity contribution in [2.24, 2.45) is 5.92 Å².